The standard InChI is InChI=1S/C36H34ClF3N4O4S/c37-30-21-41-32(19-28(30)35(48)42-20-23-6-5-9-26(17-23)36(38,39)40)29-18-27(44-13-2-1-3-14-44)10-11-31(29)43-34(47)25-8-4-7-24(16-25)22-49-15-12-33(45)46/h4-11,16-19,21H,1-3,12-15,20,22H2,(H,42,48)(H,43,47)(H,45,46). The Balaban J connectivity index is 1.40. The number of benzene rings is 3. The zero-order valence-corrected chi connectivity index (χ0v) is 27.9. The fourth-order valence-corrected chi connectivity index (χ4v) is 6.51. The number of thioether (sulfide) groups is 1. The van der Waals surface area contributed by atoms with E-state index in [0.29, 0.717) is 34.0 Å². The minimum atomic E-state index is -4.51. The molecule has 1 aromatic heterocycles. The molecule has 0 atom stereocenters. The van der Waals surface area contributed by atoms with E-state index >= 15 is 0 Å². The number of carboxylic acids is 1. The molecule has 49 heavy (non-hydrogen) atoms. The summed E-state index contributed by atoms with van der Waals surface area (Å²) < 4.78 is 39.6. The second-order valence-corrected chi connectivity index (χ2v) is 13.1. The molecule has 5 rings (SSSR count). The number of carbonyl (C=O) groups excluding carboxylic acids is 2. The van der Waals surface area contributed by atoms with E-state index in [1.165, 1.54) is 36.2 Å². The Bertz CT molecular complexity index is 1830. The van der Waals surface area contributed by atoms with Crippen LogP contribution in [0, 0.1) is 0 Å². The fourth-order valence-electron chi connectivity index (χ4n) is 5.44. The van der Waals surface area contributed by atoms with Gasteiger partial charge in [-0.05, 0) is 78.9 Å². The smallest absolute Gasteiger partial charge is 0.416 e. The number of anilines is 2. The van der Waals surface area contributed by atoms with Crippen molar-refractivity contribution in [2.75, 3.05) is 29.1 Å². The third-order valence-electron chi connectivity index (χ3n) is 7.97. The number of nitrogens with one attached hydrogen (secondary N) is 2. The van der Waals surface area contributed by atoms with E-state index in [2.05, 4.69) is 20.5 Å². The maximum atomic E-state index is 13.5. The van der Waals surface area contributed by atoms with Crippen LogP contribution in [0.4, 0.5) is 24.5 Å². The van der Waals surface area contributed by atoms with E-state index < -0.39 is 23.6 Å². The molecular formula is C36H34ClF3N4O4S. The van der Waals surface area contributed by atoms with E-state index in [0.717, 1.165) is 55.7 Å². The fraction of sp³-hybridized carbons (Fsp3) is 0.278. The van der Waals surface area contributed by atoms with Crippen molar-refractivity contribution in [3.63, 3.8) is 0 Å². The van der Waals surface area contributed by atoms with Crippen LogP contribution in [0.1, 0.15) is 63.1 Å². The zero-order valence-electron chi connectivity index (χ0n) is 26.4. The summed E-state index contributed by atoms with van der Waals surface area (Å²) in [4.78, 5) is 44.4. The molecule has 8 nitrogen and oxygen atoms in total. The van der Waals surface area contributed by atoms with E-state index in [1.54, 1.807) is 24.3 Å². The monoisotopic (exact) mass is 710 g/mol. The number of pyridine rings is 1. The van der Waals surface area contributed by atoms with Crippen LogP contribution in [0.25, 0.3) is 11.3 Å². The maximum Gasteiger partial charge on any atom is 0.416 e. The Labute approximate surface area is 291 Å². The Morgan fingerprint density at radius 1 is 0.918 bits per heavy atom. The first-order valence-corrected chi connectivity index (χ1v) is 17.2. The van der Waals surface area contributed by atoms with Gasteiger partial charge < -0.3 is 20.6 Å². The largest absolute Gasteiger partial charge is 0.481 e. The Hall–Kier alpha value is -4.55. The summed E-state index contributed by atoms with van der Waals surface area (Å²) in [6.45, 7) is 1.60. The number of aliphatic carboxylic acids is 1. The van der Waals surface area contributed by atoms with Crippen molar-refractivity contribution in [1.29, 1.82) is 0 Å². The average Bonchev–Trinajstić information content (AvgIpc) is 3.09. The molecule has 4 aromatic rings. The van der Waals surface area contributed by atoms with Gasteiger partial charge in [-0.15, -0.1) is 0 Å². The summed E-state index contributed by atoms with van der Waals surface area (Å²) in [7, 11) is 0. The maximum absolute atomic E-state index is 13.5. The molecule has 2 amide bonds. The third kappa shape index (κ3) is 9.76. The van der Waals surface area contributed by atoms with Crippen LogP contribution >= 0.6 is 23.4 Å². The second kappa shape index (κ2) is 16.2. The van der Waals surface area contributed by atoms with Crippen molar-refractivity contribution in [2.45, 2.75) is 44.2 Å². The van der Waals surface area contributed by atoms with Crippen LogP contribution in [0.3, 0.4) is 0 Å². The predicted molar refractivity (Wildman–Crippen MR) is 186 cm³/mol. The molecule has 256 valence electrons. The highest BCUT2D eigenvalue weighted by molar-refractivity contribution is 7.98. The number of nitrogens with zero attached hydrogens (tertiary/aromatic N) is 2. The molecule has 1 aliphatic heterocycles. The molecule has 0 radical (unpaired) electrons. The van der Waals surface area contributed by atoms with Crippen molar-refractivity contribution < 1.29 is 32.7 Å². The van der Waals surface area contributed by atoms with Gasteiger partial charge in [0.25, 0.3) is 11.8 Å². The number of alkyl halides is 3. The summed E-state index contributed by atoms with van der Waals surface area (Å²) >= 11 is 7.87. The van der Waals surface area contributed by atoms with Crippen molar-refractivity contribution in [3.8, 4) is 11.3 Å². The van der Waals surface area contributed by atoms with Crippen LogP contribution in [-0.2, 0) is 23.3 Å². The zero-order chi connectivity index (χ0) is 35.0. The normalized spacial score (nSPS) is 13.2. The van der Waals surface area contributed by atoms with Gasteiger partial charge in [0, 0.05) is 54.2 Å². The lowest BCUT2D eigenvalue weighted by atomic mass is 10.0. The van der Waals surface area contributed by atoms with E-state index in [4.69, 9.17) is 16.7 Å². The predicted octanol–water partition coefficient (Wildman–Crippen LogP) is 8.30. The van der Waals surface area contributed by atoms with Gasteiger partial charge in [-0.3, -0.25) is 19.4 Å². The van der Waals surface area contributed by atoms with Gasteiger partial charge in [0.15, 0.2) is 0 Å². The van der Waals surface area contributed by atoms with Gasteiger partial charge in [-0.25, -0.2) is 0 Å². The molecule has 1 saturated heterocycles. The number of carbonyl (C=O) groups is 3. The first-order chi connectivity index (χ1) is 23.5. The minimum Gasteiger partial charge on any atom is -0.481 e. The SMILES string of the molecule is O=C(O)CCSCc1cccc(C(=O)Nc2ccc(N3CCCCC3)cc2-c2cc(C(=O)NCc3cccc(C(F)(F)F)c3)c(Cl)cn2)c1. The van der Waals surface area contributed by atoms with Crippen molar-refractivity contribution in [1.82, 2.24) is 10.3 Å². The number of carboxylic acid groups (broad SMARTS) is 1. The first kappa shape index (κ1) is 35.7. The molecule has 2 heterocycles. The van der Waals surface area contributed by atoms with Crippen molar-refractivity contribution in [2.24, 2.45) is 0 Å². The number of piperidine rings is 1. The summed E-state index contributed by atoms with van der Waals surface area (Å²) in [5, 5.41) is 14.6. The number of halogens is 4. The summed E-state index contributed by atoms with van der Waals surface area (Å²) in [6, 6.07) is 19.0. The Morgan fingerprint density at radius 3 is 2.43 bits per heavy atom. The molecule has 3 aromatic carbocycles. The highest BCUT2D eigenvalue weighted by Gasteiger charge is 2.30. The Morgan fingerprint density at radius 2 is 1.67 bits per heavy atom. The quantitative estimate of drug-likeness (QED) is 0.127. The molecule has 13 heteroatoms. The van der Waals surface area contributed by atoms with Gasteiger partial charge in [0.1, 0.15) is 0 Å². The molecule has 0 spiro atoms. The van der Waals surface area contributed by atoms with E-state index in [-0.39, 0.29) is 35.0 Å². The number of rotatable bonds is 12. The van der Waals surface area contributed by atoms with Crippen molar-refractivity contribution in [3.05, 3.63) is 112 Å². The molecular weight excluding hydrogens is 677 g/mol. The van der Waals surface area contributed by atoms with Gasteiger partial charge in [0.2, 0.25) is 0 Å². The molecule has 0 bridgehead atoms. The Kier molecular flexibility index (Phi) is 11.8. The molecule has 0 saturated carbocycles. The minimum absolute atomic E-state index is 0.0545. The number of aromatic nitrogens is 1. The second-order valence-electron chi connectivity index (χ2n) is 11.6. The lowest BCUT2D eigenvalue weighted by molar-refractivity contribution is -0.138. The third-order valence-corrected chi connectivity index (χ3v) is 9.31. The van der Waals surface area contributed by atoms with Crippen LogP contribution < -0.4 is 15.5 Å². The summed E-state index contributed by atoms with van der Waals surface area (Å²) in [6.07, 6.45) is 0.124. The van der Waals surface area contributed by atoms with Gasteiger partial charge in [-0.1, -0.05) is 35.9 Å². The molecule has 0 aliphatic carbocycles. The van der Waals surface area contributed by atoms with E-state index in [1.807, 2.05) is 18.2 Å². The van der Waals surface area contributed by atoms with Crippen LogP contribution in [0.15, 0.2) is 79.0 Å². The number of hydrogen-bond donors (Lipinski definition) is 3. The summed E-state index contributed by atoms with van der Waals surface area (Å²) in [5.41, 5.74) is 3.14. The van der Waals surface area contributed by atoms with Crippen LogP contribution in [0.2, 0.25) is 5.02 Å². The number of hydrogen-bond acceptors (Lipinski definition) is 6. The van der Waals surface area contributed by atoms with Crippen LogP contribution in [-0.4, -0.2) is 46.7 Å². The molecule has 1 aliphatic rings. The lowest BCUT2D eigenvalue weighted by Crippen LogP contribution is -2.29. The van der Waals surface area contributed by atoms with Gasteiger partial charge in [0.05, 0.1) is 34.0 Å². The molecule has 0 unspecified atom stereocenters. The topological polar surface area (TPSA) is 112 Å². The lowest BCUT2D eigenvalue weighted by Gasteiger charge is -2.29. The van der Waals surface area contributed by atoms with Crippen LogP contribution in [0.5, 0.6) is 0 Å². The summed E-state index contributed by atoms with van der Waals surface area (Å²) in [5.74, 6) is -0.810. The highest BCUT2D eigenvalue weighted by Crippen LogP contribution is 2.34. The van der Waals surface area contributed by atoms with Gasteiger partial charge in [-0.2, -0.15) is 24.9 Å². The molecule has 1 fully saturated rings. The molecule has 3 N–H and O–H groups in total. The van der Waals surface area contributed by atoms with Crippen molar-refractivity contribution >= 4 is 52.5 Å². The van der Waals surface area contributed by atoms with Gasteiger partial charge >= 0.3 is 12.1 Å². The average molecular weight is 711 g/mol. The highest BCUT2D eigenvalue weighted by atomic mass is 35.5. The first-order valence-electron chi connectivity index (χ1n) is 15.7. The van der Waals surface area contributed by atoms with E-state index in [9.17, 15) is 27.6 Å². The number of amides is 2.